The molecule has 0 aliphatic carbocycles. The maximum Gasteiger partial charge on any atom is 0.276 e. The molecule has 5 nitrogen and oxygen atoms in total. The molecular weight excluding hydrogens is 280 g/mol. The van der Waals surface area contributed by atoms with Crippen molar-refractivity contribution in [3.05, 3.63) is 59.9 Å². The summed E-state index contributed by atoms with van der Waals surface area (Å²) in [6.07, 6.45) is 1.46. The Kier molecular flexibility index (Phi) is 4.06. The van der Waals surface area contributed by atoms with Crippen LogP contribution in [-0.4, -0.2) is 40.2 Å². The lowest BCUT2D eigenvalue weighted by Crippen LogP contribution is -2.47. The van der Waals surface area contributed by atoms with E-state index in [1.807, 2.05) is 37.3 Å². The fourth-order valence-electron chi connectivity index (χ4n) is 2.68. The maximum absolute atomic E-state index is 12.8. The number of nitrogens with zero attached hydrogens (tertiary/aromatic N) is 2. The number of hydrogen-bond acceptors (Lipinski definition) is 4. The van der Waals surface area contributed by atoms with Gasteiger partial charge in [-0.15, -0.1) is 0 Å². The maximum atomic E-state index is 12.8. The molecule has 1 fully saturated rings. The molecule has 2 atom stereocenters. The van der Waals surface area contributed by atoms with E-state index in [-0.39, 0.29) is 29.5 Å². The molecule has 114 valence electrons. The Hall–Kier alpha value is -2.40. The fourth-order valence-corrected chi connectivity index (χ4v) is 2.68. The number of rotatable bonds is 2. The summed E-state index contributed by atoms with van der Waals surface area (Å²) in [5.74, 6) is -0.374. The van der Waals surface area contributed by atoms with Crippen molar-refractivity contribution in [2.24, 2.45) is 0 Å². The molecule has 1 aromatic carbocycles. The minimum Gasteiger partial charge on any atom is -0.505 e. The summed E-state index contributed by atoms with van der Waals surface area (Å²) in [5, 5.41) is 9.89. The number of aromatic nitrogens is 1. The van der Waals surface area contributed by atoms with E-state index >= 15 is 0 Å². The molecule has 1 N–H and O–H groups in total. The van der Waals surface area contributed by atoms with Crippen molar-refractivity contribution in [2.75, 3.05) is 13.2 Å². The first-order valence-corrected chi connectivity index (χ1v) is 7.28. The van der Waals surface area contributed by atoms with Gasteiger partial charge in [0.25, 0.3) is 5.91 Å². The Bertz CT molecular complexity index is 660. The summed E-state index contributed by atoms with van der Waals surface area (Å²) in [4.78, 5) is 18.5. The van der Waals surface area contributed by atoms with E-state index in [2.05, 4.69) is 4.98 Å². The molecule has 0 bridgehead atoms. The number of carbonyl (C=O) groups is 1. The number of hydrogen-bond donors (Lipinski definition) is 1. The molecule has 22 heavy (non-hydrogen) atoms. The average Bonchev–Trinajstić information content (AvgIpc) is 2.55. The molecule has 5 heteroatoms. The van der Waals surface area contributed by atoms with Gasteiger partial charge in [0.2, 0.25) is 0 Å². The molecule has 3 rings (SSSR count). The number of benzene rings is 1. The van der Waals surface area contributed by atoms with Gasteiger partial charge in [-0.25, -0.2) is 4.98 Å². The normalized spacial score (nSPS) is 21.6. The standard InChI is InChI=1S/C17H18N2O3/c1-12-10-19(17(21)16-15(20)8-5-9-18-16)14(11-22-12)13-6-3-2-4-7-13/h2-9,12,14,20H,10-11H2,1H3/t12-,14+/m0/s1. The highest BCUT2D eigenvalue weighted by Crippen LogP contribution is 2.29. The molecule has 0 unspecified atom stereocenters. The van der Waals surface area contributed by atoms with Gasteiger partial charge in [-0.1, -0.05) is 30.3 Å². The number of morpholine rings is 1. The second-order valence-corrected chi connectivity index (χ2v) is 5.40. The van der Waals surface area contributed by atoms with Crippen LogP contribution in [0.1, 0.15) is 29.0 Å². The van der Waals surface area contributed by atoms with Crippen molar-refractivity contribution in [1.29, 1.82) is 0 Å². The molecule has 1 aliphatic heterocycles. The van der Waals surface area contributed by atoms with E-state index < -0.39 is 0 Å². The van der Waals surface area contributed by atoms with Crippen LogP contribution < -0.4 is 0 Å². The highest BCUT2D eigenvalue weighted by molar-refractivity contribution is 5.95. The molecule has 1 amide bonds. The van der Waals surface area contributed by atoms with Crippen molar-refractivity contribution in [3.8, 4) is 5.75 Å². The molecule has 0 saturated carbocycles. The van der Waals surface area contributed by atoms with E-state index in [4.69, 9.17) is 4.74 Å². The van der Waals surface area contributed by atoms with Gasteiger partial charge in [0, 0.05) is 12.7 Å². The molecule has 2 aromatic rings. The largest absolute Gasteiger partial charge is 0.505 e. The van der Waals surface area contributed by atoms with Gasteiger partial charge in [0.1, 0.15) is 5.75 Å². The van der Waals surface area contributed by atoms with Gasteiger partial charge >= 0.3 is 0 Å². The monoisotopic (exact) mass is 298 g/mol. The summed E-state index contributed by atoms with van der Waals surface area (Å²) in [6.45, 7) is 2.83. The Balaban J connectivity index is 1.94. The van der Waals surface area contributed by atoms with Crippen LogP contribution in [0.3, 0.4) is 0 Å². The Morgan fingerprint density at radius 1 is 1.27 bits per heavy atom. The third kappa shape index (κ3) is 2.80. The van der Waals surface area contributed by atoms with Gasteiger partial charge < -0.3 is 14.7 Å². The molecule has 2 heterocycles. The van der Waals surface area contributed by atoms with Gasteiger partial charge in [-0.05, 0) is 24.6 Å². The zero-order valence-corrected chi connectivity index (χ0v) is 12.3. The number of aromatic hydroxyl groups is 1. The van der Waals surface area contributed by atoms with Crippen LogP contribution in [-0.2, 0) is 4.74 Å². The lowest BCUT2D eigenvalue weighted by atomic mass is 10.0. The second kappa shape index (κ2) is 6.15. The van der Waals surface area contributed by atoms with Crippen LogP contribution in [0.4, 0.5) is 0 Å². The van der Waals surface area contributed by atoms with Gasteiger partial charge in [-0.3, -0.25) is 4.79 Å². The summed E-state index contributed by atoms with van der Waals surface area (Å²) >= 11 is 0. The predicted octanol–water partition coefficient (Wildman–Crippen LogP) is 2.39. The van der Waals surface area contributed by atoms with Crippen LogP contribution in [0, 0.1) is 0 Å². The zero-order valence-electron chi connectivity index (χ0n) is 12.3. The smallest absolute Gasteiger partial charge is 0.276 e. The fraction of sp³-hybridized carbons (Fsp3) is 0.294. The van der Waals surface area contributed by atoms with Crippen molar-refractivity contribution < 1.29 is 14.6 Å². The number of amides is 1. The minimum absolute atomic E-state index is 0.0465. The third-order valence-corrected chi connectivity index (χ3v) is 3.80. The summed E-state index contributed by atoms with van der Waals surface area (Å²) < 4.78 is 5.71. The molecule has 1 aliphatic rings. The Labute approximate surface area is 129 Å². The zero-order chi connectivity index (χ0) is 15.5. The lowest BCUT2D eigenvalue weighted by molar-refractivity contribution is -0.0450. The van der Waals surface area contributed by atoms with Crippen LogP contribution >= 0.6 is 0 Å². The lowest BCUT2D eigenvalue weighted by Gasteiger charge is -2.38. The van der Waals surface area contributed by atoms with Crippen molar-refractivity contribution >= 4 is 5.91 Å². The highest BCUT2D eigenvalue weighted by atomic mass is 16.5. The van der Waals surface area contributed by atoms with E-state index in [9.17, 15) is 9.90 Å². The van der Waals surface area contributed by atoms with E-state index in [0.29, 0.717) is 13.2 Å². The van der Waals surface area contributed by atoms with Crippen LogP contribution in [0.25, 0.3) is 0 Å². The van der Waals surface area contributed by atoms with E-state index in [1.54, 1.807) is 11.0 Å². The SMILES string of the molecule is C[C@H]1CN(C(=O)c2ncccc2O)[C@@H](c2ccccc2)CO1. The molecule has 0 spiro atoms. The van der Waals surface area contributed by atoms with Gasteiger partial charge in [0.05, 0.1) is 18.8 Å². The van der Waals surface area contributed by atoms with Crippen LogP contribution in [0.5, 0.6) is 5.75 Å². The van der Waals surface area contributed by atoms with Crippen LogP contribution in [0.2, 0.25) is 0 Å². The summed E-state index contributed by atoms with van der Waals surface area (Å²) in [5.41, 5.74) is 1.09. The first-order valence-electron chi connectivity index (χ1n) is 7.28. The average molecular weight is 298 g/mol. The van der Waals surface area contributed by atoms with Gasteiger partial charge in [0.15, 0.2) is 5.69 Å². The van der Waals surface area contributed by atoms with Crippen molar-refractivity contribution in [1.82, 2.24) is 9.88 Å². The van der Waals surface area contributed by atoms with Crippen LogP contribution in [0.15, 0.2) is 48.7 Å². The second-order valence-electron chi connectivity index (χ2n) is 5.40. The van der Waals surface area contributed by atoms with Crippen molar-refractivity contribution in [2.45, 2.75) is 19.1 Å². The molecule has 1 aromatic heterocycles. The third-order valence-electron chi connectivity index (χ3n) is 3.80. The predicted molar refractivity (Wildman–Crippen MR) is 81.5 cm³/mol. The molecule has 0 radical (unpaired) electrons. The summed E-state index contributed by atoms with van der Waals surface area (Å²) in [7, 11) is 0. The molecule has 1 saturated heterocycles. The van der Waals surface area contributed by atoms with E-state index in [0.717, 1.165) is 5.56 Å². The first kappa shape index (κ1) is 14.5. The highest BCUT2D eigenvalue weighted by Gasteiger charge is 2.33. The quantitative estimate of drug-likeness (QED) is 0.924. The molecular formula is C17H18N2O3. The Morgan fingerprint density at radius 2 is 2.05 bits per heavy atom. The van der Waals surface area contributed by atoms with E-state index in [1.165, 1.54) is 12.3 Å². The van der Waals surface area contributed by atoms with Crippen molar-refractivity contribution in [3.63, 3.8) is 0 Å². The summed E-state index contributed by atoms with van der Waals surface area (Å²) in [6, 6.07) is 12.7. The minimum atomic E-state index is -0.276. The van der Waals surface area contributed by atoms with Gasteiger partial charge in [-0.2, -0.15) is 0 Å². The number of pyridine rings is 1. The Morgan fingerprint density at radius 3 is 2.77 bits per heavy atom. The first-order chi connectivity index (χ1) is 10.7. The number of ether oxygens (including phenoxy) is 1. The number of carbonyl (C=O) groups excluding carboxylic acids is 1. The topological polar surface area (TPSA) is 62.7 Å².